The summed E-state index contributed by atoms with van der Waals surface area (Å²) in [6.45, 7) is 0. The summed E-state index contributed by atoms with van der Waals surface area (Å²) in [4.78, 5) is 16.8. The van der Waals surface area contributed by atoms with E-state index in [4.69, 9.17) is 11.6 Å². The third-order valence-corrected chi connectivity index (χ3v) is 4.10. The van der Waals surface area contributed by atoms with Gasteiger partial charge in [0.15, 0.2) is 0 Å². The van der Waals surface area contributed by atoms with Crippen molar-refractivity contribution in [3.8, 4) is 0 Å². The summed E-state index contributed by atoms with van der Waals surface area (Å²) < 4.78 is 1.15. The smallest absolute Gasteiger partial charge is 0.141 e. The topological polar surface area (TPSA) is 63.6 Å². The first-order chi connectivity index (χ1) is 10.3. The molecule has 0 aliphatic rings. The third-order valence-electron chi connectivity index (χ3n) is 3.08. The molecule has 0 unspecified atom stereocenters. The lowest BCUT2D eigenvalue weighted by Crippen LogP contribution is -1.96. The van der Waals surface area contributed by atoms with E-state index < -0.39 is 0 Å². The van der Waals surface area contributed by atoms with Crippen LogP contribution in [0.15, 0.2) is 42.3 Å². The van der Waals surface area contributed by atoms with E-state index in [9.17, 15) is 0 Å². The number of aromatic nitrogens is 4. The zero-order valence-corrected chi connectivity index (χ0v) is 12.2. The Balaban J connectivity index is 1.81. The lowest BCUT2D eigenvalue weighted by atomic mass is 10.2. The van der Waals surface area contributed by atoms with E-state index >= 15 is 0 Å². The van der Waals surface area contributed by atoms with E-state index in [1.165, 1.54) is 6.33 Å². The normalized spacial score (nSPS) is 11.1. The molecule has 1 aromatic carbocycles. The van der Waals surface area contributed by atoms with Crippen LogP contribution in [-0.4, -0.2) is 19.9 Å². The highest BCUT2D eigenvalue weighted by molar-refractivity contribution is 7.16. The van der Waals surface area contributed by atoms with Crippen molar-refractivity contribution in [2.24, 2.45) is 0 Å². The number of pyridine rings is 1. The lowest BCUT2D eigenvalue weighted by Gasteiger charge is -2.08. The first-order valence-corrected chi connectivity index (χ1v) is 7.42. The minimum Gasteiger partial charge on any atom is -0.340 e. The van der Waals surface area contributed by atoms with Crippen molar-refractivity contribution in [3.63, 3.8) is 0 Å². The van der Waals surface area contributed by atoms with Crippen molar-refractivity contribution < 1.29 is 0 Å². The van der Waals surface area contributed by atoms with Crippen LogP contribution in [0.2, 0.25) is 5.15 Å². The number of anilines is 2. The van der Waals surface area contributed by atoms with Gasteiger partial charge in [0.1, 0.15) is 17.3 Å². The van der Waals surface area contributed by atoms with Crippen molar-refractivity contribution in [1.82, 2.24) is 19.9 Å². The molecule has 0 bridgehead atoms. The van der Waals surface area contributed by atoms with E-state index in [1.54, 1.807) is 23.6 Å². The van der Waals surface area contributed by atoms with Crippen LogP contribution in [0.4, 0.5) is 11.5 Å². The Kier molecular flexibility index (Phi) is 2.90. The number of fused-ring (bicyclic) bond motifs is 2. The molecule has 0 atom stereocenters. The highest BCUT2D eigenvalue weighted by Crippen LogP contribution is 2.27. The van der Waals surface area contributed by atoms with Gasteiger partial charge < -0.3 is 5.32 Å². The molecule has 0 aliphatic carbocycles. The molecule has 5 nitrogen and oxygen atoms in total. The number of benzene rings is 1. The van der Waals surface area contributed by atoms with Gasteiger partial charge in [-0.25, -0.2) is 19.9 Å². The third kappa shape index (κ3) is 2.28. The van der Waals surface area contributed by atoms with Gasteiger partial charge in [-0.3, -0.25) is 0 Å². The number of hydrogen-bond acceptors (Lipinski definition) is 6. The fourth-order valence-electron chi connectivity index (χ4n) is 2.11. The predicted molar refractivity (Wildman–Crippen MR) is 85.2 cm³/mol. The van der Waals surface area contributed by atoms with Gasteiger partial charge in [-0.1, -0.05) is 11.6 Å². The zero-order chi connectivity index (χ0) is 14.2. The number of rotatable bonds is 2. The fourth-order valence-corrected chi connectivity index (χ4v) is 2.92. The predicted octanol–water partition coefficient (Wildman–Crippen LogP) is 4.03. The van der Waals surface area contributed by atoms with Gasteiger partial charge in [0.25, 0.3) is 0 Å². The van der Waals surface area contributed by atoms with Crippen LogP contribution in [-0.2, 0) is 0 Å². The molecule has 0 amide bonds. The van der Waals surface area contributed by atoms with Gasteiger partial charge in [-0.15, -0.1) is 11.3 Å². The van der Waals surface area contributed by atoms with Gasteiger partial charge in [-0.2, -0.15) is 0 Å². The summed E-state index contributed by atoms with van der Waals surface area (Å²) in [6.07, 6.45) is 3.13. The number of nitrogens with zero attached hydrogens (tertiary/aromatic N) is 4. The first kappa shape index (κ1) is 12.4. The second kappa shape index (κ2) is 4.91. The van der Waals surface area contributed by atoms with E-state index in [1.807, 2.05) is 23.7 Å². The van der Waals surface area contributed by atoms with Crippen LogP contribution in [0.5, 0.6) is 0 Å². The Hall–Kier alpha value is -2.31. The van der Waals surface area contributed by atoms with Gasteiger partial charge >= 0.3 is 0 Å². The second-order valence-electron chi connectivity index (χ2n) is 4.41. The van der Waals surface area contributed by atoms with E-state index in [0.717, 1.165) is 26.8 Å². The molecule has 0 fully saturated rings. The first-order valence-electron chi connectivity index (χ1n) is 6.16. The molecule has 3 aromatic heterocycles. The van der Waals surface area contributed by atoms with Gasteiger partial charge in [-0.05, 0) is 24.3 Å². The average Bonchev–Trinajstić information content (AvgIpc) is 2.95. The molecule has 4 aromatic rings. The van der Waals surface area contributed by atoms with Crippen LogP contribution in [0.25, 0.3) is 21.1 Å². The standard InChI is InChI=1S/C14H8ClN5S/c15-13-4-9-11(5-16-13)17-6-18-14(9)20-8-1-2-12-10(3-8)19-7-21-12/h1-7H,(H,17,18,20). The Bertz CT molecular complexity index is 952. The number of nitrogens with one attached hydrogen (secondary N) is 1. The molecule has 1 N–H and O–H groups in total. The number of hydrogen-bond donors (Lipinski definition) is 1. The van der Waals surface area contributed by atoms with Crippen LogP contribution >= 0.6 is 22.9 Å². The fraction of sp³-hybridized carbons (Fsp3) is 0. The van der Waals surface area contributed by atoms with Crippen LogP contribution in [0.1, 0.15) is 0 Å². The Morgan fingerprint density at radius 2 is 1.95 bits per heavy atom. The summed E-state index contributed by atoms with van der Waals surface area (Å²) >= 11 is 7.57. The Morgan fingerprint density at radius 1 is 1.00 bits per heavy atom. The Labute approximate surface area is 128 Å². The maximum atomic E-state index is 5.95. The van der Waals surface area contributed by atoms with Crippen molar-refractivity contribution in [2.45, 2.75) is 0 Å². The monoisotopic (exact) mass is 313 g/mol. The van der Waals surface area contributed by atoms with Gasteiger partial charge in [0.05, 0.1) is 27.4 Å². The molecule has 0 aliphatic heterocycles. The SMILES string of the molecule is Clc1cc2c(Nc3ccc4scnc4c3)ncnc2cn1. The molecular weight excluding hydrogens is 306 g/mol. The molecule has 0 spiro atoms. The van der Waals surface area contributed by atoms with Crippen molar-refractivity contribution in [1.29, 1.82) is 0 Å². The molecule has 102 valence electrons. The molecule has 3 heterocycles. The summed E-state index contributed by atoms with van der Waals surface area (Å²) in [7, 11) is 0. The summed E-state index contributed by atoms with van der Waals surface area (Å²) in [5.74, 6) is 0.693. The highest BCUT2D eigenvalue weighted by Gasteiger charge is 2.06. The molecule has 4 rings (SSSR count). The van der Waals surface area contributed by atoms with Crippen LogP contribution in [0.3, 0.4) is 0 Å². The molecule has 0 radical (unpaired) electrons. The van der Waals surface area contributed by atoms with E-state index in [0.29, 0.717) is 11.0 Å². The zero-order valence-electron chi connectivity index (χ0n) is 10.6. The van der Waals surface area contributed by atoms with Crippen molar-refractivity contribution >= 4 is 55.6 Å². The maximum Gasteiger partial charge on any atom is 0.141 e. The van der Waals surface area contributed by atoms with Crippen molar-refractivity contribution in [2.75, 3.05) is 5.32 Å². The molecule has 0 saturated carbocycles. The second-order valence-corrected chi connectivity index (χ2v) is 5.68. The van der Waals surface area contributed by atoms with E-state index in [2.05, 4.69) is 25.3 Å². The van der Waals surface area contributed by atoms with Crippen molar-refractivity contribution in [3.05, 3.63) is 47.5 Å². The molecular formula is C14H8ClN5S. The average molecular weight is 314 g/mol. The summed E-state index contributed by atoms with van der Waals surface area (Å²) in [5.41, 5.74) is 4.45. The van der Waals surface area contributed by atoms with E-state index in [-0.39, 0.29) is 0 Å². The lowest BCUT2D eigenvalue weighted by molar-refractivity contribution is 1.20. The minimum atomic E-state index is 0.412. The maximum absolute atomic E-state index is 5.95. The summed E-state index contributed by atoms with van der Waals surface area (Å²) in [6, 6.07) is 7.77. The quantitative estimate of drug-likeness (QED) is 0.566. The minimum absolute atomic E-state index is 0.412. The van der Waals surface area contributed by atoms with Gasteiger partial charge in [0, 0.05) is 11.1 Å². The van der Waals surface area contributed by atoms with Crippen LogP contribution in [0, 0.1) is 0 Å². The van der Waals surface area contributed by atoms with Gasteiger partial charge in [0.2, 0.25) is 0 Å². The highest BCUT2D eigenvalue weighted by atomic mass is 35.5. The number of thiazole rings is 1. The Morgan fingerprint density at radius 3 is 2.90 bits per heavy atom. The summed E-state index contributed by atoms with van der Waals surface area (Å²) in [5, 5.41) is 4.52. The largest absolute Gasteiger partial charge is 0.340 e. The van der Waals surface area contributed by atoms with Crippen LogP contribution < -0.4 is 5.32 Å². The molecule has 0 saturated heterocycles. The molecule has 21 heavy (non-hydrogen) atoms. The number of halogens is 1. The molecule has 7 heteroatoms.